The first-order valence-corrected chi connectivity index (χ1v) is 7.33. The maximum Gasteiger partial charge on any atom is 0.330 e. The summed E-state index contributed by atoms with van der Waals surface area (Å²) in [5, 5.41) is 3.53. The van der Waals surface area contributed by atoms with E-state index in [-0.39, 0.29) is 5.97 Å². The van der Waals surface area contributed by atoms with Crippen LogP contribution in [0.4, 0.5) is 0 Å². The van der Waals surface area contributed by atoms with E-state index in [0.717, 1.165) is 30.6 Å². The lowest BCUT2D eigenvalue weighted by atomic mass is 9.86. The molecule has 0 spiro atoms. The molecule has 3 rings (SSSR count). The standard InChI is InChI=1S/C14H17NO2S/c1-17-13(16)14(15-10-6-7-10)8-9-18-12-5-3-2-4-11(12)14/h2-5,10,15H,6-9H2,1H3. The van der Waals surface area contributed by atoms with Gasteiger partial charge in [0.1, 0.15) is 5.54 Å². The van der Waals surface area contributed by atoms with Gasteiger partial charge in [-0.15, -0.1) is 11.8 Å². The number of ether oxygens (including phenoxy) is 1. The van der Waals surface area contributed by atoms with E-state index in [1.54, 1.807) is 0 Å². The fourth-order valence-corrected chi connectivity index (χ4v) is 3.77. The van der Waals surface area contributed by atoms with Crippen LogP contribution in [0.5, 0.6) is 0 Å². The van der Waals surface area contributed by atoms with Gasteiger partial charge in [0.15, 0.2) is 0 Å². The zero-order chi connectivity index (χ0) is 12.6. The number of carbonyl (C=O) groups excluding carboxylic acids is 1. The summed E-state index contributed by atoms with van der Waals surface area (Å²) < 4.78 is 5.07. The van der Waals surface area contributed by atoms with Crippen LogP contribution >= 0.6 is 11.8 Å². The average Bonchev–Trinajstić information content (AvgIpc) is 3.22. The Morgan fingerprint density at radius 1 is 1.44 bits per heavy atom. The molecule has 4 heteroatoms. The van der Waals surface area contributed by atoms with Gasteiger partial charge in [0.25, 0.3) is 0 Å². The summed E-state index contributed by atoms with van der Waals surface area (Å²) in [5.74, 6) is 0.799. The predicted octanol–water partition coefficient (Wildman–Crippen LogP) is 2.30. The van der Waals surface area contributed by atoms with E-state index in [9.17, 15) is 4.79 Å². The molecule has 0 radical (unpaired) electrons. The van der Waals surface area contributed by atoms with Gasteiger partial charge in [0.2, 0.25) is 0 Å². The highest BCUT2D eigenvalue weighted by molar-refractivity contribution is 7.99. The number of methoxy groups -OCH3 is 1. The van der Waals surface area contributed by atoms with Gasteiger partial charge in [-0.1, -0.05) is 18.2 Å². The highest BCUT2D eigenvalue weighted by Gasteiger charge is 2.47. The molecule has 2 aliphatic rings. The second kappa shape index (κ2) is 4.59. The molecule has 96 valence electrons. The maximum absolute atomic E-state index is 12.3. The molecule has 1 aromatic carbocycles. The summed E-state index contributed by atoms with van der Waals surface area (Å²) in [5.41, 5.74) is 0.456. The molecule has 1 atom stereocenters. The van der Waals surface area contributed by atoms with Crippen LogP contribution in [-0.2, 0) is 15.1 Å². The third kappa shape index (κ3) is 1.93. The van der Waals surface area contributed by atoms with Crippen LogP contribution in [0, 0.1) is 0 Å². The summed E-state index contributed by atoms with van der Waals surface area (Å²) in [6.07, 6.45) is 3.12. The molecular formula is C14H17NO2S. The Morgan fingerprint density at radius 3 is 2.94 bits per heavy atom. The number of nitrogens with one attached hydrogen (secondary N) is 1. The summed E-state index contributed by atoms with van der Waals surface area (Å²) in [6, 6.07) is 8.63. The number of benzene rings is 1. The molecule has 1 saturated carbocycles. The lowest BCUT2D eigenvalue weighted by Crippen LogP contribution is -2.52. The highest BCUT2D eigenvalue weighted by Crippen LogP contribution is 2.42. The number of carbonyl (C=O) groups is 1. The monoisotopic (exact) mass is 263 g/mol. The molecule has 1 unspecified atom stereocenters. The Balaban J connectivity index is 2.05. The number of hydrogen-bond donors (Lipinski definition) is 1. The second-order valence-corrected chi connectivity index (χ2v) is 6.05. The topological polar surface area (TPSA) is 38.3 Å². The van der Waals surface area contributed by atoms with E-state index in [2.05, 4.69) is 11.4 Å². The van der Waals surface area contributed by atoms with Gasteiger partial charge in [-0.05, 0) is 30.9 Å². The molecule has 1 fully saturated rings. The van der Waals surface area contributed by atoms with E-state index < -0.39 is 5.54 Å². The van der Waals surface area contributed by atoms with Crippen LogP contribution in [0.2, 0.25) is 0 Å². The van der Waals surface area contributed by atoms with Gasteiger partial charge in [0.05, 0.1) is 7.11 Å². The first-order valence-electron chi connectivity index (χ1n) is 6.35. The van der Waals surface area contributed by atoms with Crippen LogP contribution in [0.25, 0.3) is 0 Å². The quantitative estimate of drug-likeness (QED) is 0.849. The van der Waals surface area contributed by atoms with E-state index in [0.29, 0.717) is 6.04 Å². The van der Waals surface area contributed by atoms with Gasteiger partial charge in [0, 0.05) is 16.7 Å². The normalized spacial score (nSPS) is 26.5. The second-order valence-electron chi connectivity index (χ2n) is 4.91. The molecule has 1 aliphatic carbocycles. The maximum atomic E-state index is 12.3. The van der Waals surface area contributed by atoms with Crippen molar-refractivity contribution < 1.29 is 9.53 Å². The van der Waals surface area contributed by atoms with Crippen molar-refractivity contribution in [2.45, 2.75) is 35.7 Å². The Kier molecular flexibility index (Phi) is 3.08. The van der Waals surface area contributed by atoms with Crippen molar-refractivity contribution in [2.75, 3.05) is 12.9 Å². The lowest BCUT2D eigenvalue weighted by Gasteiger charge is -2.37. The molecule has 1 aromatic rings. The Morgan fingerprint density at radius 2 is 2.22 bits per heavy atom. The van der Waals surface area contributed by atoms with Crippen molar-refractivity contribution in [3.63, 3.8) is 0 Å². The third-order valence-electron chi connectivity index (χ3n) is 3.64. The number of rotatable bonds is 3. The van der Waals surface area contributed by atoms with Crippen molar-refractivity contribution in [1.82, 2.24) is 5.32 Å². The number of esters is 1. The van der Waals surface area contributed by atoms with Crippen LogP contribution < -0.4 is 5.32 Å². The molecule has 3 nitrogen and oxygen atoms in total. The van der Waals surface area contributed by atoms with Gasteiger partial charge >= 0.3 is 5.97 Å². The van der Waals surface area contributed by atoms with Gasteiger partial charge in [-0.25, -0.2) is 4.79 Å². The number of hydrogen-bond acceptors (Lipinski definition) is 4. The molecule has 1 N–H and O–H groups in total. The summed E-state index contributed by atoms with van der Waals surface area (Å²) in [7, 11) is 1.48. The number of fused-ring (bicyclic) bond motifs is 1. The fraction of sp³-hybridized carbons (Fsp3) is 0.500. The predicted molar refractivity (Wildman–Crippen MR) is 71.6 cm³/mol. The van der Waals surface area contributed by atoms with Crippen molar-refractivity contribution in [3.8, 4) is 0 Å². The first-order chi connectivity index (χ1) is 8.76. The zero-order valence-corrected chi connectivity index (χ0v) is 11.3. The van der Waals surface area contributed by atoms with Crippen molar-refractivity contribution in [1.29, 1.82) is 0 Å². The Hall–Kier alpha value is -1.00. The largest absolute Gasteiger partial charge is 0.467 e. The molecule has 0 aromatic heterocycles. The smallest absolute Gasteiger partial charge is 0.330 e. The van der Waals surface area contributed by atoms with Crippen molar-refractivity contribution >= 4 is 17.7 Å². The zero-order valence-electron chi connectivity index (χ0n) is 10.4. The van der Waals surface area contributed by atoms with Gasteiger partial charge < -0.3 is 4.74 Å². The minimum Gasteiger partial charge on any atom is -0.467 e. The molecule has 0 bridgehead atoms. The molecule has 0 saturated heterocycles. The van der Waals surface area contributed by atoms with Crippen LogP contribution in [0.15, 0.2) is 29.2 Å². The highest BCUT2D eigenvalue weighted by atomic mass is 32.2. The van der Waals surface area contributed by atoms with Gasteiger partial charge in [-0.2, -0.15) is 0 Å². The minimum atomic E-state index is -0.627. The van der Waals surface area contributed by atoms with E-state index in [1.165, 1.54) is 12.0 Å². The molecule has 1 aliphatic heterocycles. The Labute approximate surface area is 111 Å². The molecule has 0 amide bonds. The van der Waals surface area contributed by atoms with Crippen LogP contribution in [0.3, 0.4) is 0 Å². The van der Waals surface area contributed by atoms with Crippen LogP contribution in [-0.4, -0.2) is 24.9 Å². The minimum absolute atomic E-state index is 0.151. The third-order valence-corrected chi connectivity index (χ3v) is 4.72. The van der Waals surface area contributed by atoms with Gasteiger partial charge in [-0.3, -0.25) is 5.32 Å². The summed E-state index contributed by atoms with van der Waals surface area (Å²) >= 11 is 1.82. The lowest BCUT2D eigenvalue weighted by molar-refractivity contribution is -0.149. The van der Waals surface area contributed by atoms with E-state index in [1.807, 2.05) is 30.0 Å². The van der Waals surface area contributed by atoms with Crippen molar-refractivity contribution in [2.24, 2.45) is 0 Å². The molecule has 18 heavy (non-hydrogen) atoms. The number of thioether (sulfide) groups is 1. The van der Waals surface area contributed by atoms with Crippen LogP contribution in [0.1, 0.15) is 24.8 Å². The van der Waals surface area contributed by atoms with E-state index in [4.69, 9.17) is 4.74 Å². The summed E-state index contributed by atoms with van der Waals surface area (Å²) in [4.78, 5) is 13.5. The summed E-state index contributed by atoms with van der Waals surface area (Å²) in [6.45, 7) is 0. The van der Waals surface area contributed by atoms with Crippen molar-refractivity contribution in [3.05, 3.63) is 29.8 Å². The molecule has 1 heterocycles. The molecular weight excluding hydrogens is 246 g/mol. The van der Waals surface area contributed by atoms with E-state index >= 15 is 0 Å². The Bertz CT molecular complexity index is 473. The average molecular weight is 263 g/mol. The SMILES string of the molecule is COC(=O)C1(NC2CC2)CCSc2ccccc21. The first kappa shape index (κ1) is 12.1. The fourth-order valence-electron chi connectivity index (χ4n) is 2.57.